The molecule has 0 unspecified atom stereocenters. The van der Waals surface area contributed by atoms with Crippen LogP contribution in [-0.4, -0.2) is 21.5 Å². The average molecular weight is 395 g/mol. The summed E-state index contributed by atoms with van der Waals surface area (Å²) >= 11 is 3.55. The van der Waals surface area contributed by atoms with Crippen LogP contribution in [0.3, 0.4) is 0 Å². The molecule has 27 heavy (non-hydrogen) atoms. The zero-order valence-corrected chi connectivity index (χ0v) is 17.1. The topological polar surface area (TPSA) is 50.7 Å². The summed E-state index contributed by atoms with van der Waals surface area (Å²) < 4.78 is 1.15. The molecule has 4 nitrogen and oxygen atoms in total. The molecule has 0 fully saturated rings. The lowest BCUT2D eigenvalue weighted by Crippen LogP contribution is -2.05. The average Bonchev–Trinajstić information content (AvgIpc) is 3.41. The van der Waals surface area contributed by atoms with E-state index in [4.69, 9.17) is 4.98 Å². The first-order chi connectivity index (χ1) is 13.3. The van der Waals surface area contributed by atoms with Crippen LogP contribution in [0, 0.1) is 0 Å². The fourth-order valence-corrected chi connectivity index (χ4v) is 5.96. The number of rotatable bonds is 6. The third kappa shape index (κ3) is 3.01. The van der Waals surface area contributed by atoms with Gasteiger partial charge >= 0.3 is 0 Å². The molecule has 0 aliphatic heterocycles. The van der Waals surface area contributed by atoms with Crippen LogP contribution < -0.4 is 5.32 Å². The summed E-state index contributed by atoms with van der Waals surface area (Å²) in [5.74, 6) is 0.948. The number of pyridine rings is 1. The predicted octanol–water partition coefficient (Wildman–Crippen LogP) is 5.40. The fourth-order valence-electron chi connectivity index (χ4n) is 4.10. The molecular formula is C21H22N4S2. The van der Waals surface area contributed by atoms with Crippen LogP contribution in [0.2, 0.25) is 0 Å². The Labute approximate surface area is 166 Å². The monoisotopic (exact) mass is 394 g/mol. The highest BCUT2D eigenvalue weighted by Crippen LogP contribution is 2.41. The van der Waals surface area contributed by atoms with Crippen molar-refractivity contribution in [1.29, 1.82) is 0 Å². The second-order valence-electron chi connectivity index (χ2n) is 7.06. The molecule has 0 bridgehead atoms. The van der Waals surface area contributed by atoms with E-state index in [9.17, 15) is 0 Å². The highest BCUT2D eigenvalue weighted by molar-refractivity contribution is 7.26. The van der Waals surface area contributed by atoms with E-state index >= 15 is 0 Å². The Morgan fingerprint density at radius 2 is 2.07 bits per heavy atom. The van der Waals surface area contributed by atoms with Crippen LogP contribution in [0.25, 0.3) is 20.4 Å². The van der Waals surface area contributed by atoms with E-state index in [1.165, 1.54) is 39.9 Å². The number of aryl methyl sites for hydroxylation is 2. The van der Waals surface area contributed by atoms with Gasteiger partial charge < -0.3 is 5.32 Å². The lowest BCUT2D eigenvalue weighted by molar-refractivity contribution is 0.856. The largest absolute Gasteiger partial charge is 0.368 e. The first-order valence-electron chi connectivity index (χ1n) is 9.69. The van der Waals surface area contributed by atoms with Crippen molar-refractivity contribution in [1.82, 2.24) is 15.0 Å². The van der Waals surface area contributed by atoms with Gasteiger partial charge in [0.25, 0.3) is 0 Å². The zero-order chi connectivity index (χ0) is 18.2. The molecule has 0 atom stereocenters. The minimum atomic E-state index is 0.882. The minimum absolute atomic E-state index is 0.882. The maximum atomic E-state index is 5.06. The van der Waals surface area contributed by atoms with Crippen LogP contribution in [0.1, 0.15) is 41.5 Å². The normalized spacial score (nSPS) is 13.5. The van der Waals surface area contributed by atoms with Gasteiger partial charge in [-0.2, -0.15) is 0 Å². The summed E-state index contributed by atoms with van der Waals surface area (Å²) in [7, 11) is 0. The number of aromatic nitrogens is 3. The number of thiophene rings is 2. The summed E-state index contributed by atoms with van der Waals surface area (Å²) in [5.41, 5.74) is 5.38. The Balaban J connectivity index is 1.56. The number of hydrogen-bond donors (Lipinski definition) is 1. The van der Waals surface area contributed by atoms with E-state index in [1.807, 2.05) is 0 Å². The number of nitrogens with zero attached hydrogens (tertiary/aromatic N) is 3. The van der Waals surface area contributed by atoms with Gasteiger partial charge in [0.05, 0.1) is 10.2 Å². The number of hydrogen-bond acceptors (Lipinski definition) is 6. The molecule has 0 spiro atoms. The van der Waals surface area contributed by atoms with Gasteiger partial charge in [-0.05, 0) is 54.7 Å². The summed E-state index contributed by atoms with van der Waals surface area (Å²) in [6.45, 7) is 3.12. The fraction of sp³-hybridized carbons (Fsp3) is 0.381. The maximum absolute atomic E-state index is 5.06. The Morgan fingerprint density at radius 3 is 2.93 bits per heavy atom. The second-order valence-corrected chi connectivity index (χ2v) is 9.09. The second kappa shape index (κ2) is 7.17. The van der Waals surface area contributed by atoms with E-state index in [2.05, 4.69) is 39.7 Å². The first-order valence-corrected chi connectivity index (χ1v) is 11.4. The van der Waals surface area contributed by atoms with Crippen LogP contribution >= 0.6 is 22.7 Å². The molecule has 0 radical (unpaired) electrons. The minimum Gasteiger partial charge on any atom is -0.368 e. The molecule has 0 saturated heterocycles. The summed E-state index contributed by atoms with van der Waals surface area (Å²) in [5, 5.41) is 6.95. The third-order valence-electron chi connectivity index (χ3n) is 5.29. The molecule has 0 aromatic carbocycles. The van der Waals surface area contributed by atoms with Crippen molar-refractivity contribution in [3.05, 3.63) is 45.5 Å². The molecule has 4 aromatic heterocycles. The van der Waals surface area contributed by atoms with E-state index < -0.39 is 0 Å². The van der Waals surface area contributed by atoms with Crippen LogP contribution in [0.5, 0.6) is 0 Å². The van der Waals surface area contributed by atoms with E-state index in [0.717, 1.165) is 53.1 Å². The van der Waals surface area contributed by atoms with Crippen molar-refractivity contribution in [2.24, 2.45) is 0 Å². The van der Waals surface area contributed by atoms with Gasteiger partial charge in [0.1, 0.15) is 17.0 Å². The summed E-state index contributed by atoms with van der Waals surface area (Å²) in [6.07, 6.45) is 8.49. The number of fused-ring (bicyclic) bond motifs is 5. The van der Waals surface area contributed by atoms with Gasteiger partial charge in [0, 0.05) is 22.5 Å². The summed E-state index contributed by atoms with van der Waals surface area (Å²) in [4.78, 5) is 16.8. The van der Waals surface area contributed by atoms with E-state index in [-0.39, 0.29) is 0 Å². The standard InChI is InChI=1S/C21H22N4S2/c1-2-5-16-14-7-3-8-15(14)17-18-19(27-21(17)25-16)20(24-12-23-18)22-10-9-13-6-4-11-26-13/h4,6,11-12H,2-3,5,7-10H2,1H3,(H,22,23,24). The third-order valence-corrected chi connectivity index (χ3v) is 7.30. The van der Waals surface area contributed by atoms with Crippen molar-refractivity contribution in [3.63, 3.8) is 0 Å². The smallest absolute Gasteiger partial charge is 0.147 e. The highest BCUT2D eigenvalue weighted by Gasteiger charge is 2.23. The summed E-state index contributed by atoms with van der Waals surface area (Å²) in [6, 6.07) is 4.29. The van der Waals surface area contributed by atoms with Crippen molar-refractivity contribution in [2.45, 2.75) is 45.4 Å². The highest BCUT2D eigenvalue weighted by atomic mass is 32.1. The van der Waals surface area contributed by atoms with Crippen LogP contribution in [0.4, 0.5) is 5.82 Å². The molecule has 1 aliphatic rings. The zero-order valence-electron chi connectivity index (χ0n) is 15.4. The lowest BCUT2D eigenvalue weighted by atomic mass is 10.0. The van der Waals surface area contributed by atoms with E-state index in [1.54, 1.807) is 29.0 Å². The number of anilines is 1. The maximum Gasteiger partial charge on any atom is 0.147 e. The Bertz CT molecular complexity index is 1100. The van der Waals surface area contributed by atoms with Gasteiger partial charge in [-0.25, -0.2) is 15.0 Å². The van der Waals surface area contributed by atoms with Crippen molar-refractivity contribution in [3.8, 4) is 0 Å². The Morgan fingerprint density at radius 1 is 1.15 bits per heavy atom. The lowest BCUT2D eigenvalue weighted by Gasteiger charge is -2.08. The molecule has 0 saturated carbocycles. The Hall–Kier alpha value is -2.05. The molecule has 138 valence electrons. The van der Waals surface area contributed by atoms with Gasteiger partial charge in [-0.1, -0.05) is 19.4 Å². The molecule has 1 aliphatic carbocycles. The first kappa shape index (κ1) is 17.1. The Kier molecular flexibility index (Phi) is 4.53. The molecule has 6 heteroatoms. The van der Waals surface area contributed by atoms with Gasteiger partial charge in [0.15, 0.2) is 0 Å². The molecule has 4 aromatic rings. The number of nitrogens with one attached hydrogen (secondary N) is 1. The quantitative estimate of drug-likeness (QED) is 0.476. The molecular weight excluding hydrogens is 372 g/mol. The molecule has 1 N–H and O–H groups in total. The van der Waals surface area contributed by atoms with Crippen LogP contribution in [0.15, 0.2) is 23.8 Å². The van der Waals surface area contributed by atoms with Gasteiger partial charge in [-0.15, -0.1) is 22.7 Å². The molecule has 0 amide bonds. The van der Waals surface area contributed by atoms with Crippen molar-refractivity contribution < 1.29 is 0 Å². The molecule has 4 heterocycles. The van der Waals surface area contributed by atoms with Crippen LogP contribution in [-0.2, 0) is 25.7 Å². The SMILES string of the molecule is CCCc1nc2sc3c(NCCc4cccs4)ncnc3c2c2c1CCC2. The van der Waals surface area contributed by atoms with E-state index in [0.29, 0.717) is 0 Å². The molecule has 5 rings (SSSR count). The predicted molar refractivity (Wildman–Crippen MR) is 115 cm³/mol. The van der Waals surface area contributed by atoms with Crippen molar-refractivity contribution >= 4 is 48.9 Å². The van der Waals surface area contributed by atoms with Gasteiger partial charge in [-0.3, -0.25) is 0 Å². The van der Waals surface area contributed by atoms with Gasteiger partial charge in [0.2, 0.25) is 0 Å². The van der Waals surface area contributed by atoms with Crippen molar-refractivity contribution in [2.75, 3.05) is 11.9 Å².